The minimum atomic E-state index is 0.0466. The Kier molecular flexibility index (Phi) is 4.66. The van der Waals surface area contributed by atoms with Gasteiger partial charge in [0, 0.05) is 35.5 Å². The summed E-state index contributed by atoms with van der Waals surface area (Å²) in [4.78, 5) is 2.29. The zero-order chi connectivity index (χ0) is 13.8. The average Bonchev–Trinajstić information content (AvgIpc) is 2.84. The number of nitrogen functional groups attached to an aromatic ring is 1. The predicted octanol–water partition coefficient (Wildman–Crippen LogP) is 2.37. The summed E-state index contributed by atoms with van der Waals surface area (Å²) in [6.07, 6.45) is 4.04. The summed E-state index contributed by atoms with van der Waals surface area (Å²) in [5, 5.41) is 17.3. The van der Waals surface area contributed by atoms with Gasteiger partial charge in [-0.25, -0.2) is 0 Å². The number of benzene rings is 1. The van der Waals surface area contributed by atoms with Crippen LogP contribution in [0.15, 0.2) is 18.2 Å². The number of aliphatic hydroxyl groups is 1. The van der Waals surface area contributed by atoms with E-state index in [2.05, 4.69) is 4.90 Å². The molecule has 4 nitrogen and oxygen atoms in total. The van der Waals surface area contributed by atoms with Crippen LogP contribution < -0.4 is 10.6 Å². The molecule has 2 rings (SSSR count). The molecule has 0 aromatic heterocycles. The maximum atomic E-state index is 8.97. The molecule has 0 saturated carbocycles. The number of nitrogens with two attached hydrogens (primary N) is 1. The minimum absolute atomic E-state index is 0.0466. The van der Waals surface area contributed by atoms with Crippen molar-refractivity contribution >= 4 is 23.1 Å². The quantitative estimate of drug-likeness (QED) is 0.573. The molecule has 1 unspecified atom stereocenters. The topological polar surface area (TPSA) is 73.3 Å². The van der Waals surface area contributed by atoms with E-state index >= 15 is 0 Å². The number of amidine groups is 1. The van der Waals surface area contributed by atoms with Gasteiger partial charge in [-0.1, -0.05) is 11.6 Å². The lowest BCUT2D eigenvalue weighted by atomic mass is 10.1. The van der Waals surface area contributed by atoms with Crippen molar-refractivity contribution in [1.82, 2.24) is 0 Å². The Labute approximate surface area is 118 Å². The Morgan fingerprint density at radius 3 is 3.00 bits per heavy atom. The van der Waals surface area contributed by atoms with E-state index in [-0.39, 0.29) is 12.4 Å². The number of aliphatic hydroxyl groups excluding tert-OH is 1. The highest BCUT2D eigenvalue weighted by Crippen LogP contribution is 2.32. The summed E-state index contributed by atoms with van der Waals surface area (Å²) < 4.78 is 0. The van der Waals surface area contributed by atoms with Crippen LogP contribution in [0.2, 0.25) is 5.02 Å². The first-order chi connectivity index (χ1) is 9.13. The Hall–Kier alpha value is -1.26. The summed E-state index contributed by atoms with van der Waals surface area (Å²) in [5.41, 5.74) is 7.34. The van der Waals surface area contributed by atoms with Crippen molar-refractivity contribution in [3.05, 3.63) is 28.8 Å². The van der Waals surface area contributed by atoms with Gasteiger partial charge < -0.3 is 15.7 Å². The van der Waals surface area contributed by atoms with Crippen LogP contribution in [-0.4, -0.2) is 30.1 Å². The van der Waals surface area contributed by atoms with Gasteiger partial charge in [0.2, 0.25) is 0 Å². The van der Waals surface area contributed by atoms with Gasteiger partial charge >= 0.3 is 0 Å². The molecule has 1 fully saturated rings. The molecule has 4 N–H and O–H groups in total. The smallest absolute Gasteiger partial charge is 0.124 e. The molecule has 0 bridgehead atoms. The second-order valence-electron chi connectivity index (χ2n) is 4.93. The van der Waals surface area contributed by atoms with Crippen LogP contribution in [0, 0.1) is 5.41 Å². The molecule has 1 saturated heterocycles. The molecule has 0 spiro atoms. The maximum absolute atomic E-state index is 8.97. The third kappa shape index (κ3) is 3.19. The predicted molar refractivity (Wildman–Crippen MR) is 79.2 cm³/mol. The molecular formula is C14H20ClN3O. The molecular weight excluding hydrogens is 262 g/mol. The van der Waals surface area contributed by atoms with Gasteiger partial charge in [-0.3, -0.25) is 5.41 Å². The van der Waals surface area contributed by atoms with E-state index in [0.717, 1.165) is 37.9 Å². The third-order valence-electron chi connectivity index (χ3n) is 3.63. The number of hydrogen-bond acceptors (Lipinski definition) is 3. The molecule has 0 aliphatic carbocycles. The third-order valence-corrected chi connectivity index (χ3v) is 3.87. The first-order valence-electron chi connectivity index (χ1n) is 6.65. The average molecular weight is 282 g/mol. The van der Waals surface area contributed by atoms with E-state index in [9.17, 15) is 0 Å². The Morgan fingerprint density at radius 2 is 2.32 bits per heavy atom. The summed E-state index contributed by atoms with van der Waals surface area (Å²) in [7, 11) is 0. The van der Waals surface area contributed by atoms with Gasteiger partial charge in [0.25, 0.3) is 0 Å². The van der Waals surface area contributed by atoms with Crippen LogP contribution in [0.1, 0.15) is 31.2 Å². The minimum Gasteiger partial charge on any atom is -0.396 e. The van der Waals surface area contributed by atoms with Gasteiger partial charge in [-0.2, -0.15) is 0 Å². The van der Waals surface area contributed by atoms with Crippen LogP contribution >= 0.6 is 11.6 Å². The standard InChI is InChI=1S/C14H20ClN3O/c15-10-5-6-13(12(9-10)14(16)17)18-7-1-3-11(18)4-2-8-19/h5-6,9,11,19H,1-4,7-8H2,(H3,16,17). The number of nitrogens with zero attached hydrogens (tertiary/aromatic N) is 1. The molecule has 19 heavy (non-hydrogen) atoms. The molecule has 1 heterocycles. The van der Waals surface area contributed by atoms with Gasteiger partial charge in [0.05, 0.1) is 0 Å². The summed E-state index contributed by atoms with van der Waals surface area (Å²) in [6, 6.07) is 5.95. The van der Waals surface area contributed by atoms with Crippen LogP contribution in [0.25, 0.3) is 0 Å². The number of rotatable bonds is 5. The monoisotopic (exact) mass is 281 g/mol. The first-order valence-corrected chi connectivity index (χ1v) is 7.02. The molecule has 1 atom stereocenters. The highest BCUT2D eigenvalue weighted by atomic mass is 35.5. The van der Waals surface area contributed by atoms with Crippen LogP contribution in [0.5, 0.6) is 0 Å². The second kappa shape index (κ2) is 6.26. The first kappa shape index (κ1) is 14.2. The van der Waals surface area contributed by atoms with E-state index in [1.54, 1.807) is 6.07 Å². The zero-order valence-corrected chi connectivity index (χ0v) is 11.7. The van der Waals surface area contributed by atoms with Gasteiger partial charge in [0.1, 0.15) is 5.84 Å². The summed E-state index contributed by atoms with van der Waals surface area (Å²) in [6.45, 7) is 1.20. The lowest BCUT2D eigenvalue weighted by Crippen LogP contribution is -2.31. The van der Waals surface area contributed by atoms with E-state index in [0.29, 0.717) is 16.6 Å². The van der Waals surface area contributed by atoms with E-state index in [4.69, 9.17) is 27.9 Å². The summed E-state index contributed by atoms with van der Waals surface area (Å²) >= 11 is 5.98. The highest BCUT2D eigenvalue weighted by Gasteiger charge is 2.26. The Morgan fingerprint density at radius 1 is 1.53 bits per heavy atom. The van der Waals surface area contributed by atoms with Crippen LogP contribution in [0.4, 0.5) is 5.69 Å². The number of anilines is 1. The SMILES string of the molecule is N=C(N)c1cc(Cl)ccc1N1CCCC1CCCO. The van der Waals surface area contributed by atoms with Gasteiger partial charge in [-0.15, -0.1) is 0 Å². The van der Waals surface area contributed by atoms with Crippen molar-refractivity contribution in [3.8, 4) is 0 Å². The van der Waals surface area contributed by atoms with Crippen LogP contribution in [0.3, 0.4) is 0 Å². The number of halogens is 1. The van der Waals surface area contributed by atoms with Crippen molar-refractivity contribution in [2.75, 3.05) is 18.1 Å². The van der Waals surface area contributed by atoms with E-state index in [1.165, 1.54) is 0 Å². The molecule has 0 radical (unpaired) electrons. The Balaban J connectivity index is 2.27. The molecule has 1 aliphatic heterocycles. The van der Waals surface area contributed by atoms with Crippen molar-refractivity contribution < 1.29 is 5.11 Å². The molecule has 1 aromatic rings. The highest BCUT2D eigenvalue weighted by molar-refractivity contribution is 6.31. The van der Waals surface area contributed by atoms with E-state index < -0.39 is 0 Å². The maximum Gasteiger partial charge on any atom is 0.124 e. The van der Waals surface area contributed by atoms with Crippen molar-refractivity contribution in [2.24, 2.45) is 5.73 Å². The Bertz CT molecular complexity index is 464. The molecule has 0 amide bonds. The molecule has 1 aromatic carbocycles. The largest absolute Gasteiger partial charge is 0.396 e. The lowest BCUT2D eigenvalue weighted by molar-refractivity contribution is 0.279. The number of nitrogens with one attached hydrogen (secondary N) is 1. The normalized spacial score (nSPS) is 18.8. The fourth-order valence-corrected chi connectivity index (χ4v) is 2.93. The summed E-state index contributed by atoms with van der Waals surface area (Å²) in [5.74, 6) is 0.0466. The zero-order valence-electron chi connectivity index (χ0n) is 10.9. The van der Waals surface area contributed by atoms with Crippen molar-refractivity contribution in [3.63, 3.8) is 0 Å². The number of hydrogen-bond donors (Lipinski definition) is 3. The molecule has 1 aliphatic rings. The molecule has 104 valence electrons. The fraction of sp³-hybridized carbons (Fsp3) is 0.500. The fourth-order valence-electron chi connectivity index (χ4n) is 2.75. The second-order valence-corrected chi connectivity index (χ2v) is 5.37. The van der Waals surface area contributed by atoms with Crippen molar-refractivity contribution in [1.29, 1.82) is 5.41 Å². The van der Waals surface area contributed by atoms with Crippen LogP contribution in [-0.2, 0) is 0 Å². The van der Waals surface area contributed by atoms with Gasteiger partial charge in [-0.05, 0) is 43.9 Å². The van der Waals surface area contributed by atoms with Crippen molar-refractivity contribution in [2.45, 2.75) is 31.7 Å². The van der Waals surface area contributed by atoms with Gasteiger partial charge in [0.15, 0.2) is 0 Å². The lowest BCUT2D eigenvalue weighted by Gasteiger charge is -2.28. The molecule has 5 heteroatoms. The van der Waals surface area contributed by atoms with E-state index in [1.807, 2.05) is 12.1 Å².